The van der Waals surface area contributed by atoms with Crippen molar-refractivity contribution >= 4 is 130 Å². The molecule has 2 aliphatic rings. The number of hydrogen-bond acceptors (Lipinski definition) is 25. The van der Waals surface area contributed by atoms with Gasteiger partial charge in [-0.2, -0.15) is 0 Å². The highest BCUT2D eigenvalue weighted by molar-refractivity contribution is 6.02. The Balaban J connectivity index is 1.92. The number of nitrogens with one attached hydrogen (secondary N) is 17. The minimum Gasteiger partial charge on any atom is -0.480 e. The van der Waals surface area contributed by atoms with Gasteiger partial charge in [0.2, 0.25) is 124 Å². The molecule has 0 bridgehead atoms. The zero-order valence-corrected chi connectivity index (χ0v) is 66.5. The molecule has 2 saturated heterocycles. The van der Waals surface area contributed by atoms with E-state index in [-0.39, 0.29) is 32.4 Å². The zero-order chi connectivity index (χ0) is 87.9. The van der Waals surface area contributed by atoms with Gasteiger partial charge in [-0.15, -0.1) is 0 Å². The number of carboxylic acid groups (broad SMARTS) is 1. The van der Waals surface area contributed by atoms with Crippen LogP contribution in [0.4, 0.5) is 0 Å². The van der Waals surface area contributed by atoms with Crippen molar-refractivity contribution in [3.63, 3.8) is 0 Å². The third-order valence-corrected chi connectivity index (χ3v) is 18.1. The first-order chi connectivity index (χ1) is 53.5. The summed E-state index contributed by atoms with van der Waals surface area (Å²) >= 11 is 0. The van der Waals surface area contributed by atoms with E-state index < -0.39 is 283 Å². The molecule has 20 atom stereocenters. The number of primary amides is 2. The second kappa shape index (κ2) is 47.0. The normalized spacial score (nSPS) is 18.3. The highest BCUT2D eigenvalue weighted by Crippen LogP contribution is 2.22. The van der Waals surface area contributed by atoms with Gasteiger partial charge in [0.05, 0.1) is 19.3 Å². The van der Waals surface area contributed by atoms with Crippen LogP contribution in [0, 0.1) is 0 Å². The number of carboxylic acids is 1. The fourth-order valence-corrected chi connectivity index (χ4v) is 11.0. The predicted octanol–water partition coefficient (Wildman–Crippen LogP) is -12.6. The SMILES string of the molecule is C[C@H](NC(=O)[C@@H]1CCCN1C(=O)[C@H](CCC(N)=O)NC(=O)[C@H](CCC(N)=O)NC(=O)[C@H](C)NC(=O)[C@H](C)NC(=O)[C@H](C)NC(=O)[C@H](C)NC(=O)[C@H](C)NC(=O)[C@H](C)NC(=O)[C@H](C)NC(=O)[C@@H]1CCCN1C(=O)[C@H](C)NC(=O)[C@H](C)NC(=O)[C@@H](NC(=O)[C@H](C)NC(=O)[C@H](C)NC(=O)[C@H](C)NC(=O)[C@H](CO)NC(=O)CN)[C@@H](C)O)C(=O)O. The molecule has 47 heteroatoms. The maximum Gasteiger partial charge on any atom is 0.325 e. The summed E-state index contributed by atoms with van der Waals surface area (Å²) in [7, 11) is 0. The average Bonchev–Trinajstić information content (AvgIpc) is 1.72. The molecule has 115 heavy (non-hydrogen) atoms. The van der Waals surface area contributed by atoms with E-state index in [4.69, 9.17) is 17.2 Å². The van der Waals surface area contributed by atoms with Crippen LogP contribution in [0.15, 0.2) is 0 Å². The largest absolute Gasteiger partial charge is 0.480 e. The number of aliphatic hydroxyl groups excluding tert-OH is 2. The van der Waals surface area contributed by atoms with Gasteiger partial charge in [0.15, 0.2) is 0 Å². The number of carbonyl (C=O) groups is 22. The van der Waals surface area contributed by atoms with Gasteiger partial charge in [0.1, 0.15) is 115 Å². The Morgan fingerprint density at radius 1 is 0.330 bits per heavy atom. The fourth-order valence-electron chi connectivity index (χ4n) is 11.0. The summed E-state index contributed by atoms with van der Waals surface area (Å²) in [6.45, 7) is 16.0. The maximum absolute atomic E-state index is 13.9. The maximum atomic E-state index is 13.9. The van der Waals surface area contributed by atoms with E-state index in [1.165, 1.54) is 90.0 Å². The summed E-state index contributed by atoms with van der Waals surface area (Å²) in [5, 5.41) is 69.0. The standard InChI is InChI=1S/C68H112N22O25/c1-27(50(96)73-29(3)52(98)75-31(5)54(100)78-36(10)59(105)86-41(19-21-46(70)93)61(107)87-42(20-22-47(71)94)67(113)90-24-16-18-45(90)64(110)84-39(13)68(114)115)72-51(97)28(2)74-53(99)30(4)77-57(103)34(8)81-63(109)44-17-15-23-89(44)66(112)38(12)83-58(104)35(9)82-65(111)49(40(14)92)88-60(106)37(11)79-55(101)32(6)76-56(102)33(7)80-62(108)43(26-91)85-48(95)25-69/h27-45,49,91-92H,15-26,69H2,1-14H3,(H2,70,93)(H2,71,94)(H,72,97)(H,73,96)(H,74,99)(H,75,98)(H,76,102)(H,77,103)(H,78,100)(H,79,101)(H,80,108)(H,81,109)(H,82,111)(H,83,104)(H,84,110)(H,85,95)(H,86,105)(H,87,107)(H,88,106)(H,114,115)/t27-,28-,29-,30-,31-,32-,33-,34-,35-,36-,37-,38-,39-,40+,41-,42-,43-,44-,45-,49-/m0/s1. The molecule has 0 aromatic heterocycles. The highest BCUT2D eigenvalue weighted by Gasteiger charge is 2.42. The van der Waals surface area contributed by atoms with Crippen molar-refractivity contribution in [1.82, 2.24) is 100 Å². The minimum atomic E-state index is -1.71. The molecule has 0 aromatic carbocycles. The number of likely N-dealkylation sites (tertiary alicyclic amines) is 2. The first-order valence-electron chi connectivity index (χ1n) is 37.0. The van der Waals surface area contributed by atoms with E-state index in [9.17, 15) is 121 Å². The molecule has 21 amide bonds. The molecule has 644 valence electrons. The van der Waals surface area contributed by atoms with Crippen LogP contribution in [-0.2, 0) is 105 Å². The molecule has 0 unspecified atom stereocenters. The lowest BCUT2D eigenvalue weighted by molar-refractivity contribution is -0.144. The molecule has 2 heterocycles. The second-order valence-corrected chi connectivity index (χ2v) is 28.1. The Morgan fingerprint density at radius 2 is 0.600 bits per heavy atom. The quantitative estimate of drug-likeness (QED) is 0.0269. The Bertz CT molecular complexity index is 3620. The Morgan fingerprint density at radius 3 is 0.922 bits per heavy atom. The predicted molar refractivity (Wildman–Crippen MR) is 398 cm³/mol. The number of aliphatic carboxylic acids is 1. The van der Waals surface area contributed by atoms with Crippen molar-refractivity contribution in [2.24, 2.45) is 17.2 Å². The van der Waals surface area contributed by atoms with Crippen LogP contribution < -0.4 is 108 Å². The summed E-state index contributed by atoms with van der Waals surface area (Å²) in [4.78, 5) is 288. The van der Waals surface area contributed by atoms with E-state index >= 15 is 0 Å². The van der Waals surface area contributed by atoms with Crippen LogP contribution in [0.3, 0.4) is 0 Å². The van der Waals surface area contributed by atoms with Crippen LogP contribution in [0.25, 0.3) is 0 Å². The van der Waals surface area contributed by atoms with E-state index in [0.717, 1.165) is 16.7 Å². The van der Waals surface area contributed by atoms with Gasteiger partial charge < -0.3 is 133 Å². The zero-order valence-electron chi connectivity index (χ0n) is 66.5. The average molecular weight is 1640 g/mol. The first-order valence-corrected chi connectivity index (χ1v) is 37.0. The van der Waals surface area contributed by atoms with Crippen molar-refractivity contribution in [1.29, 1.82) is 0 Å². The molecule has 2 aliphatic heterocycles. The second-order valence-electron chi connectivity index (χ2n) is 28.1. The molecule has 0 aromatic rings. The molecule has 0 saturated carbocycles. The molecule has 0 spiro atoms. The minimum absolute atomic E-state index is 0.0121. The summed E-state index contributed by atoms with van der Waals surface area (Å²) in [5.41, 5.74) is 15.9. The van der Waals surface area contributed by atoms with Crippen LogP contribution in [0.5, 0.6) is 0 Å². The van der Waals surface area contributed by atoms with Gasteiger partial charge in [-0.25, -0.2) is 0 Å². The van der Waals surface area contributed by atoms with Crippen LogP contribution >= 0.6 is 0 Å². The van der Waals surface area contributed by atoms with Crippen molar-refractivity contribution in [2.75, 3.05) is 26.2 Å². The van der Waals surface area contributed by atoms with Gasteiger partial charge in [0, 0.05) is 25.9 Å². The number of aliphatic hydroxyl groups is 2. The Kier molecular flexibility index (Phi) is 40.6. The van der Waals surface area contributed by atoms with E-state index in [1.54, 1.807) is 0 Å². The third kappa shape index (κ3) is 32.3. The molecule has 26 N–H and O–H groups in total. The Labute approximate surface area is 661 Å². The topological polar surface area (TPSA) is 725 Å². The number of hydrogen-bond donors (Lipinski definition) is 23. The van der Waals surface area contributed by atoms with Gasteiger partial charge in [-0.3, -0.25) is 105 Å². The smallest absolute Gasteiger partial charge is 0.325 e. The molecule has 47 nitrogen and oxygen atoms in total. The molecular formula is C68H112N22O25. The number of rotatable bonds is 45. The third-order valence-electron chi connectivity index (χ3n) is 18.1. The summed E-state index contributed by atoms with van der Waals surface area (Å²) in [6, 6.07) is -26.2. The van der Waals surface area contributed by atoms with Gasteiger partial charge in [-0.05, 0) is 135 Å². The first kappa shape index (κ1) is 99.3. The molecule has 0 radical (unpaired) electrons. The van der Waals surface area contributed by atoms with Crippen molar-refractivity contribution in [2.45, 2.75) is 269 Å². The van der Waals surface area contributed by atoms with Crippen molar-refractivity contribution in [3.05, 3.63) is 0 Å². The van der Waals surface area contributed by atoms with Crippen molar-refractivity contribution in [3.8, 4) is 0 Å². The van der Waals surface area contributed by atoms with Gasteiger partial charge in [0.25, 0.3) is 0 Å². The molecular weight excluding hydrogens is 1520 g/mol. The van der Waals surface area contributed by atoms with Crippen LogP contribution in [0.1, 0.15) is 148 Å². The van der Waals surface area contributed by atoms with E-state index in [2.05, 4.69) is 90.4 Å². The van der Waals surface area contributed by atoms with Gasteiger partial charge in [-0.1, -0.05) is 0 Å². The van der Waals surface area contributed by atoms with E-state index in [1.807, 2.05) is 0 Å². The molecule has 2 fully saturated rings. The van der Waals surface area contributed by atoms with Crippen LogP contribution in [0.2, 0.25) is 0 Å². The highest BCUT2D eigenvalue weighted by atomic mass is 16.4. The van der Waals surface area contributed by atoms with Gasteiger partial charge >= 0.3 is 5.97 Å². The monoisotopic (exact) mass is 1640 g/mol. The van der Waals surface area contributed by atoms with Crippen LogP contribution in [-0.4, -0.2) is 302 Å². The molecule has 0 aliphatic carbocycles. The lowest BCUT2D eigenvalue weighted by Crippen LogP contribution is -2.61. The summed E-state index contributed by atoms with van der Waals surface area (Å²) in [5.74, 6) is -20.2. The lowest BCUT2D eigenvalue weighted by Gasteiger charge is -2.30. The summed E-state index contributed by atoms with van der Waals surface area (Å²) < 4.78 is 0. The van der Waals surface area contributed by atoms with Crippen molar-refractivity contribution < 1.29 is 121 Å². The lowest BCUT2D eigenvalue weighted by atomic mass is 10.1. The number of nitrogens with zero attached hydrogens (tertiary/aromatic N) is 2. The number of amides is 21. The summed E-state index contributed by atoms with van der Waals surface area (Å²) in [6.07, 6.45) is -2.39. The number of nitrogens with two attached hydrogens (primary N) is 3. The Hall–Kier alpha value is -11.8. The molecule has 2 rings (SSSR count). The number of carbonyl (C=O) groups excluding carboxylic acids is 21. The fraction of sp³-hybridized carbons (Fsp3) is 0.676. The van der Waals surface area contributed by atoms with E-state index in [0.29, 0.717) is 12.8 Å².